The molecule has 0 bridgehead atoms. The van der Waals surface area contributed by atoms with Gasteiger partial charge in [0.1, 0.15) is 17.4 Å². The number of nitrogens with one attached hydrogen (secondary N) is 1. The lowest BCUT2D eigenvalue weighted by Gasteiger charge is -2.21. The van der Waals surface area contributed by atoms with Gasteiger partial charge in [-0.05, 0) is 35.9 Å². The van der Waals surface area contributed by atoms with E-state index in [2.05, 4.69) is 0 Å². The summed E-state index contributed by atoms with van der Waals surface area (Å²) in [5.74, 6) is 0.543. The Morgan fingerprint density at radius 1 is 1.25 bits per heavy atom. The second kappa shape index (κ2) is 4.80. The van der Waals surface area contributed by atoms with Gasteiger partial charge in [0, 0.05) is 10.6 Å². The quantitative estimate of drug-likeness (QED) is 0.912. The molecule has 0 fully saturated rings. The number of halogens is 2. The first-order chi connectivity index (χ1) is 9.60. The molecule has 2 aromatic carbocycles. The molecule has 0 unspecified atom stereocenters. The summed E-state index contributed by atoms with van der Waals surface area (Å²) in [6, 6.07) is 9.73. The van der Waals surface area contributed by atoms with Crippen molar-refractivity contribution in [3.8, 4) is 5.75 Å². The highest BCUT2D eigenvalue weighted by Gasteiger charge is 2.27. The Balaban J connectivity index is 2.06. The highest BCUT2D eigenvalue weighted by Crippen LogP contribution is 2.36. The molecular formula is C15H12ClFN2O. The van der Waals surface area contributed by atoms with Gasteiger partial charge in [-0.25, -0.2) is 4.39 Å². The van der Waals surface area contributed by atoms with E-state index in [1.807, 2.05) is 0 Å². The van der Waals surface area contributed by atoms with Crippen molar-refractivity contribution >= 4 is 23.1 Å². The van der Waals surface area contributed by atoms with Crippen LogP contribution in [0.5, 0.6) is 5.75 Å². The molecule has 1 aliphatic heterocycles. The second-order valence-corrected chi connectivity index (χ2v) is 4.99. The molecular weight excluding hydrogens is 279 g/mol. The van der Waals surface area contributed by atoms with Gasteiger partial charge >= 0.3 is 0 Å². The number of fused-ring (bicyclic) bond motifs is 1. The largest absolute Gasteiger partial charge is 0.495 e. The van der Waals surface area contributed by atoms with Crippen LogP contribution < -0.4 is 9.64 Å². The SMILES string of the molecule is COc1ccc(Cl)cc1N1Cc2ccc(F)cc2C1=N. The zero-order chi connectivity index (χ0) is 14.3. The van der Waals surface area contributed by atoms with E-state index in [-0.39, 0.29) is 11.7 Å². The second-order valence-electron chi connectivity index (χ2n) is 4.55. The molecule has 0 aromatic heterocycles. The minimum absolute atomic E-state index is 0.250. The zero-order valence-corrected chi connectivity index (χ0v) is 11.5. The summed E-state index contributed by atoms with van der Waals surface area (Å²) >= 11 is 6.02. The Hall–Kier alpha value is -2.07. The van der Waals surface area contributed by atoms with Crippen molar-refractivity contribution in [1.29, 1.82) is 5.41 Å². The molecule has 102 valence electrons. The maximum Gasteiger partial charge on any atom is 0.142 e. The molecule has 0 saturated carbocycles. The van der Waals surface area contributed by atoms with E-state index in [9.17, 15) is 4.39 Å². The van der Waals surface area contributed by atoms with Gasteiger partial charge in [-0.1, -0.05) is 17.7 Å². The smallest absolute Gasteiger partial charge is 0.142 e. The Kier molecular flexibility index (Phi) is 3.10. The van der Waals surface area contributed by atoms with E-state index in [0.717, 1.165) is 5.56 Å². The molecule has 3 rings (SSSR count). The van der Waals surface area contributed by atoms with Crippen LogP contribution >= 0.6 is 11.6 Å². The molecule has 0 radical (unpaired) electrons. The van der Waals surface area contributed by atoms with Crippen molar-refractivity contribution in [2.24, 2.45) is 0 Å². The van der Waals surface area contributed by atoms with Crippen LogP contribution in [0.1, 0.15) is 11.1 Å². The summed E-state index contributed by atoms with van der Waals surface area (Å²) in [6.45, 7) is 0.505. The van der Waals surface area contributed by atoms with Crippen LogP contribution in [0, 0.1) is 11.2 Å². The summed E-state index contributed by atoms with van der Waals surface area (Å²) in [5, 5.41) is 8.79. The van der Waals surface area contributed by atoms with Crippen LogP contribution in [0.15, 0.2) is 36.4 Å². The number of hydrogen-bond acceptors (Lipinski definition) is 2. The van der Waals surface area contributed by atoms with E-state index in [4.69, 9.17) is 21.7 Å². The van der Waals surface area contributed by atoms with Gasteiger partial charge in [-0.15, -0.1) is 0 Å². The molecule has 20 heavy (non-hydrogen) atoms. The summed E-state index contributed by atoms with van der Waals surface area (Å²) in [6.07, 6.45) is 0. The highest BCUT2D eigenvalue weighted by molar-refractivity contribution is 6.31. The van der Waals surface area contributed by atoms with Crippen LogP contribution in [0.4, 0.5) is 10.1 Å². The summed E-state index contributed by atoms with van der Waals surface area (Å²) in [4.78, 5) is 1.76. The lowest BCUT2D eigenvalue weighted by molar-refractivity contribution is 0.415. The van der Waals surface area contributed by atoms with Crippen molar-refractivity contribution in [2.75, 3.05) is 12.0 Å². The maximum absolute atomic E-state index is 13.3. The van der Waals surface area contributed by atoms with Crippen LogP contribution in [0.3, 0.4) is 0 Å². The molecule has 0 aliphatic carbocycles. The number of hydrogen-bond donors (Lipinski definition) is 1. The third-order valence-corrected chi connectivity index (χ3v) is 3.59. The first-order valence-corrected chi connectivity index (χ1v) is 6.46. The summed E-state index contributed by atoms with van der Waals surface area (Å²) < 4.78 is 18.6. The van der Waals surface area contributed by atoms with E-state index in [1.54, 1.807) is 36.3 Å². The van der Waals surface area contributed by atoms with Crippen LogP contribution in [-0.2, 0) is 6.54 Å². The van der Waals surface area contributed by atoms with E-state index in [0.29, 0.717) is 28.6 Å². The van der Waals surface area contributed by atoms with Crippen molar-refractivity contribution in [3.63, 3.8) is 0 Å². The average molecular weight is 291 g/mol. The van der Waals surface area contributed by atoms with Gasteiger partial charge in [0.05, 0.1) is 19.3 Å². The monoisotopic (exact) mass is 290 g/mol. The van der Waals surface area contributed by atoms with Gasteiger partial charge in [0.25, 0.3) is 0 Å². The third kappa shape index (κ3) is 2.02. The molecule has 1 N–H and O–H groups in total. The number of methoxy groups -OCH3 is 1. The maximum atomic E-state index is 13.3. The average Bonchev–Trinajstić information content (AvgIpc) is 2.76. The Morgan fingerprint density at radius 3 is 2.80 bits per heavy atom. The van der Waals surface area contributed by atoms with Gasteiger partial charge in [0.2, 0.25) is 0 Å². The van der Waals surface area contributed by atoms with Crippen LogP contribution in [-0.4, -0.2) is 12.9 Å². The first kappa shape index (κ1) is 12.9. The number of benzene rings is 2. The normalized spacial score (nSPS) is 13.6. The van der Waals surface area contributed by atoms with Crippen molar-refractivity contribution in [3.05, 3.63) is 58.4 Å². The van der Waals surface area contributed by atoms with E-state index >= 15 is 0 Å². The standard InChI is InChI=1S/C15H12ClFN2O/c1-20-14-5-3-10(16)6-13(14)19-8-9-2-4-11(17)7-12(9)15(19)18/h2-7,18H,8H2,1H3. The molecule has 2 aromatic rings. The predicted octanol–water partition coefficient (Wildman–Crippen LogP) is 3.83. The van der Waals surface area contributed by atoms with E-state index < -0.39 is 0 Å². The molecule has 1 aliphatic rings. The topological polar surface area (TPSA) is 36.3 Å². The van der Waals surface area contributed by atoms with Gasteiger partial charge in [-0.2, -0.15) is 0 Å². The fourth-order valence-electron chi connectivity index (χ4n) is 2.38. The first-order valence-electron chi connectivity index (χ1n) is 6.08. The fourth-order valence-corrected chi connectivity index (χ4v) is 2.55. The lowest BCUT2D eigenvalue weighted by Crippen LogP contribution is -2.23. The zero-order valence-electron chi connectivity index (χ0n) is 10.8. The number of nitrogens with zero attached hydrogens (tertiary/aromatic N) is 1. The molecule has 0 atom stereocenters. The predicted molar refractivity (Wildman–Crippen MR) is 77.4 cm³/mol. The van der Waals surface area contributed by atoms with Gasteiger partial charge in [0.15, 0.2) is 0 Å². The summed E-state index contributed by atoms with van der Waals surface area (Å²) in [7, 11) is 1.57. The van der Waals surface area contributed by atoms with Crippen molar-refractivity contribution in [2.45, 2.75) is 6.54 Å². The van der Waals surface area contributed by atoms with Gasteiger partial charge < -0.3 is 9.64 Å². The summed E-state index contributed by atoms with van der Waals surface area (Å²) in [5.41, 5.74) is 2.23. The Labute approximate surface area is 121 Å². The molecule has 3 nitrogen and oxygen atoms in total. The van der Waals surface area contributed by atoms with Gasteiger partial charge in [-0.3, -0.25) is 5.41 Å². The molecule has 5 heteroatoms. The number of amidine groups is 1. The fraction of sp³-hybridized carbons (Fsp3) is 0.133. The minimum Gasteiger partial charge on any atom is -0.495 e. The molecule has 0 saturated heterocycles. The Morgan fingerprint density at radius 2 is 2.05 bits per heavy atom. The van der Waals surface area contributed by atoms with Crippen LogP contribution in [0.2, 0.25) is 5.02 Å². The molecule has 0 spiro atoms. The molecule has 1 heterocycles. The van der Waals surface area contributed by atoms with Crippen LogP contribution in [0.25, 0.3) is 0 Å². The lowest BCUT2D eigenvalue weighted by atomic mass is 10.1. The molecule has 0 amide bonds. The number of anilines is 1. The highest BCUT2D eigenvalue weighted by atomic mass is 35.5. The van der Waals surface area contributed by atoms with Crippen molar-refractivity contribution in [1.82, 2.24) is 0 Å². The minimum atomic E-state index is -0.339. The van der Waals surface area contributed by atoms with Crippen molar-refractivity contribution < 1.29 is 9.13 Å². The van der Waals surface area contributed by atoms with E-state index in [1.165, 1.54) is 12.1 Å². The third-order valence-electron chi connectivity index (χ3n) is 3.36. The number of ether oxygens (including phenoxy) is 1. The number of rotatable bonds is 2. The Bertz CT molecular complexity index is 702.